The van der Waals surface area contributed by atoms with Gasteiger partial charge < -0.3 is 10.0 Å². The Morgan fingerprint density at radius 3 is 3.00 bits per heavy atom. The fourth-order valence-corrected chi connectivity index (χ4v) is 3.74. The van der Waals surface area contributed by atoms with Crippen molar-refractivity contribution in [2.24, 2.45) is 5.41 Å². The molecule has 3 heteroatoms. The molecular weight excluding hydrogens is 250 g/mol. The van der Waals surface area contributed by atoms with Crippen LogP contribution in [0.5, 0.6) is 0 Å². The number of benzene rings is 1. The van der Waals surface area contributed by atoms with Crippen LogP contribution in [0.15, 0.2) is 24.3 Å². The summed E-state index contributed by atoms with van der Waals surface area (Å²) in [6, 6.07) is 8.75. The lowest BCUT2D eigenvalue weighted by molar-refractivity contribution is -0.147. The van der Waals surface area contributed by atoms with Gasteiger partial charge in [-0.1, -0.05) is 24.3 Å². The van der Waals surface area contributed by atoms with Crippen LogP contribution in [-0.4, -0.2) is 35.6 Å². The van der Waals surface area contributed by atoms with Gasteiger partial charge in [0.1, 0.15) is 0 Å². The largest absolute Gasteiger partial charge is 0.481 e. The van der Waals surface area contributed by atoms with Gasteiger partial charge >= 0.3 is 5.97 Å². The first-order valence-corrected chi connectivity index (χ1v) is 7.62. The van der Waals surface area contributed by atoms with Crippen LogP contribution in [0.1, 0.15) is 43.2 Å². The Morgan fingerprint density at radius 2 is 2.25 bits per heavy atom. The van der Waals surface area contributed by atoms with Crippen molar-refractivity contribution in [3.63, 3.8) is 0 Å². The van der Waals surface area contributed by atoms with Gasteiger partial charge in [-0.3, -0.25) is 4.79 Å². The van der Waals surface area contributed by atoms with Crippen LogP contribution in [0.4, 0.5) is 0 Å². The molecule has 3 rings (SSSR count). The number of nitrogens with zero attached hydrogens (tertiary/aromatic N) is 1. The van der Waals surface area contributed by atoms with E-state index in [1.54, 1.807) is 0 Å². The number of fused-ring (bicyclic) bond motifs is 1. The lowest BCUT2D eigenvalue weighted by Gasteiger charge is -2.30. The van der Waals surface area contributed by atoms with Crippen LogP contribution >= 0.6 is 0 Å². The molecule has 0 amide bonds. The molecule has 1 saturated heterocycles. The Morgan fingerprint density at radius 1 is 1.45 bits per heavy atom. The molecule has 20 heavy (non-hydrogen) atoms. The first kappa shape index (κ1) is 13.6. The zero-order chi connectivity index (χ0) is 14.2. The monoisotopic (exact) mass is 273 g/mol. The first-order valence-electron chi connectivity index (χ1n) is 7.62. The number of carboxylic acid groups (broad SMARTS) is 1. The molecule has 0 saturated carbocycles. The van der Waals surface area contributed by atoms with Crippen molar-refractivity contribution in [2.75, 3.05) is 19.6 Å². The zero-order valence-corrected chi connectivity index (χ0v) is 12.1. The molecule has 0 aromatic heterocycles. The maximum Gasteiger partial charge on any atom is 0.310 e. The fourth-order valence-electron chi connectivity index (χ4n) is 3.74. The van der Waals surface area contributed by atoms with E-state index in [0.29, 0.717) is 12.5 Å². The van der Waals surface area contributed by atoms with Crippen LogP contribution in [0, 0.1) is 5.41 Å². The normalized spacial score (nSPS) is 30.1. The highest BCUT2D eigenvalue weighted by Gasteiger charge is 2.41. The van der Waals surface area contributed by atoms with E-state index >= 15 is 0 Å². The minimum Gasteiger partial charge on any atom is -0.481 e. The quantitative estimate of drug-likeness (QED) is 0.920. The molecule has 108 valence electrons. The van der Waals surface area contributed by atoms with Gasteiger partial charge in [-0.15, -0.1) is 0 Å². The van der Waals surface area contributed by atoms with Crippen molar-refractivity contribution in [3.05, 3.63) is 35.4 Å². The molecule has 0 radical (unpaired) electrons. The zero-order valence-electron chi connectivity index (χ0n) is 12.1. The summed E-state index contributed by atoms with van der Waals surface area (Å²) >= 11 is 0. The molecular formula is C17H23NO2. The summed E-state index contributed by atoms with van der Waals surface area (Å²) in [5, 5.41) is 9.33. The summed E-state index contributed by atoms with van der Waals surface area (Å²) in [6.45, 7) is 4.51. The number of rotatable bonds is 3. The first-order chi connectivity index (χ1) is 9.58. The molecule has 3 nitrogen and oxygen atoms in total. The SMILES string of the molecule is CC1(C(=O)O)CCN(CC2CCCc3ccccc32)C1. The van der Waals surface area contributed by atoms with Gasteiger partial charge in [-0.25, -0.2) is 0 Å². The van der Waals surface area contributed by atoms with E-state index in [-0.39, 0.29) is 0 Å². The minimum atomic E-state index is -0.649. The topological polar surface area (TPSA) is 40.5 Å². The molecule has 0 spiro atoms. The van der Waals surface area contributed by atoms with Crippen LogP contribution < -0.4 is 0 Å². The highest BCUT2D eigenvalue weighted by atomic mass is 16.4. The molecule has 1 fully saturated rings. The van der Waals surface area contributed by atoms with Crippen molar-refractivity contribution >= 4 is 5.97 Å². The molecule has 1 aromatic rings. The second-order valence-electron chi connectivity index (χ2n) is 6.64. The number of hydrogen-bond acceptors (Lipinski definition) is 2. The van der Waals surface area contributed by atoms with Gasteiger partial charge in [-0.05, 0) is 56.2 Å². The van der Waals surface area contributed by atoms with E-state index in [9.17, 15) is 9.90 Å². The predicted molar refractivity (Wildman–Crippen MR) is 78.9 cm³/mol. The highest BCUT2D eigenvalue weighted by Crippen LogP contribution is 2.35. The number of hydrogen-bond donors (Lipinski definition) is 1. The van der Waals surface area contributed by atoms with E-state index in [2.05, 4.69) is 29.2 Å². The number of carboxylic acids is 1. The Bertz CT molecular complexity index is 513. The Labute approximate surface area is 120 Å². The van der Waals surface area contributed by atoms with Crippen molar-refractivity contribution in [1.82, 2.24) is 4.90 Å². The number of aliphatic carboxylic acids is 1. The van der Waals surface area contributed by atoms with Crippen LogP contribution in [0.25, 0.3) is 0 Å². The lowest BCUT2D eigenvalue weighted by Crippen LogP contribution is -2.34. The summed E-state index contributed by atoms with van der Waals surface area (Å²) in [4.78, 5) is 13.7. The summed E-state index contributed by atoms with van der Waals surface area (Å²) < 4.78 is 0. The van der Waals surface area contributed by atoms with E-state index in [4.69, 9.17) is 0 Å². The van der Waals surface area contributed by atoms with Crippen molar-refractivity contribution in [2.45, 2.75) is 38.5 Å². The second kappa shape index (κ2) is 5.21. The standard InChI is InChI=1S/C17H23NO2/c1-17(16(19)20)9-10-18(12-17)11-14-7-4-6-13-5-2-3-8-15(13)14/h2-3,5,8,14H,4,6-7,9-12H2,1H3,(H,19,20). The summed E-state index contributed by atoms with van der Waals surface area (Å²) in [5.41, 5.74) is 2.43. The third kappa shape index (κ3) is 2.47. The second-order valence-corrected chi connectivity index (χ2v) is 6.64. The van der Waals surface area contributed by atoms with Crippen LogP contribution in [0.2, 0.25) is 0 Å². The fraction of sp³-hybridized carbons (Fsp3) is 0.588. The molecule has 2 atom stereocenters. The molecule has 1 heterocycles. The molecule has 1 N–H and O–H groups in total. The van der Waals surface area contributed by atoms with Crippen molar-refractivity contribution in [3.8, 4) is 0 Å². The predicted octanol–water partition coefficient (Wildman–Crippen LogP) is 2.90. The van der Waals surface area contributed by atoms with Crippen LogP contribution in [-0.2, 0) is 11.2 Å². The number of likely N-dealkylation sites (tertiary alicyclic amines) is 1. The Hall–Kier alpha value is -1.35. The summed E-state index contributed by atoms with van der Waals surface area (Å²) in [6.07, 6.45) is 4.46. The summed E-state index contributed by atoms with van der Waals surface area (Å²) in [7, 11) is 0. The number of aryl methyl sites for hydroxylation is 1. The van der Waals surface area contributed by atoms with E-state index in [1.165, 1.54) is 30.4 Å². The molecule has 1 aliphatic heterocycles. The van der Waals surface area contributed by atoms with Gasteiger partial charge in [0.05, 0.1) is 5.41 Å². The Kier molecular flexibility index (Phi) is 3.55. The van der Waals surface area contributed by atoms with E-state index in [0.717, 1.165) is 19.5 Å². The van der Waals surface area contributed by atoms with Crippen LogP contribution in [0.3, 0.4) is 0 Å². The van der Waals surface area contributed by atoms with Crippen molar-refractivity contribution < 1.29 is 9.90 Å². The average molecular weight is 273 g/mol. The van der Waals surface area contributed by atoms with E-state index in [1.807, 2.05) is 6.92 Å². The molecule has 2 aliphatic rings. The molecule has 1 aliphatic carbocycles. The Balaban J connectivity index is 1.70. The third-order valence-corrected chi connectivity index (χ3v) is 5.04. The average Bonchev–Trinajstić information content (AvgIpc) is 2.82. The third-order valence-electron chi connectivity index (χ3n) is 5.04. The van der Waals surface area contributed by atoms with Gasteiger partial charge in [0.15, 0.2) is 0 Å². The molecule has 0 bridgehead atoms. The smallest absolute Gasteiger partial charge is 0.310 e. The minimum absolute atomic E-state index is 0.547. The number of carbonyl (C=O) groups is 1. The summed E-state index contributed by atoms with van der Waals surface area (Å²) in [5.74, 6) is -0.0693. The van der Waals surface area contributed by atoms with E-state index < -0.39 is 11.4 Å². The van der Waals surface area contributed by atoms with Gasteiger partial charge in [-0.2, -0.15) is 0 Å². The highest BCUT2D eigenvalue weighted by molar-refractivity contribution is 5.74. The lowest BCUT2D eigenvalue weighted by atomic mass is 9.82. The maximum absolute atomic E-state index is 11.3. The van der Waals surface area contributed by atoms with Gasteiger partial charge in [0.2, 0.25) is 0 Å². The van der Waals surface area contributed by atoms with Gasteiger partial charge in [0.25, 0.3) is 0 Å². The molecule has 1 aromatic carbocycles. The maximum atomic E-state index is 11.3. The van der Waals surface area contributed by atoms with Crippen molar-refractivity contribution in [1.29, 1.82) is 0 Å². The van der Waals surface area contributed by atoms with Gasteiger partial charge in [0, 0.05) is 13.1 Å². The molecule has 2 unspecified atom stereocenters.